The molecule has 5 heteroatoms. The molecule has 2 N–H and O–H groups in total. The van der Waals surface area contributed by atoms with E-state index in [9.17, 15) is 9.59 Å². The summed E-state index contributed by atoms with van der Waals surface area (Å²) in [7, 11) is 0. The molecular formula is C9H14N2O3. The molecule has 0 aromatic carbocycles. The smallest absolute Gasteiger partial charge is 0.325 e. The third-order valence-corrected chi connectivity index (χ3v) is 2.19. The first-order valence-corrected chi connectivity index (χ1v) is 4.49. The fourth-order valence-electron chi connectivity index (χ4n) is 1.43. The molecule has 0 aliphatic heterocycles. The minimum atomic E-state index is -0.892. The topological polar surface area (TPSA) is 75.1 Å². The summed E-state index contributed by atoms with van der Waals surface area (Å²) in [5.41, 5.74) is -0.259. The number of carboxylic acid groups (broad SMARTS) is 1. The van der Waals surface area contributed by atoms with Crippen LogP contribution in [0.2, 0.25) is 0 Å². The van der Waals surface area contributed by atoms with E-state index in [1.165, 1.54) is 10.8 Å². The van der Waals surface area contributed by atoms with Crippen molar-refractivity contribution in [3.8, 4) is 0 Å². The molecule has 0 spiro atoms. The second-order valence-electron chi connectivity index (χ2n) is 3.58. The Morgan fingerprint density at radius 1 is 1.64 bits per heavy atom. The van der Waals surface area contributed by atoms with Crippen molar-refractivity contribution in [1.29, 1.82) is 0 Å². The van der Waals surface area contributed by atoms with E-state index in [0.29, 0.717) is 0 Å². The Labute approximate surface area is 81.4 Å². The van der Waals surface area contributed by atoms with Crippen LogP contribution in [0.3, 0.4) is 0 Å². The average molecular weight is 198 g/mol. The summed E-state index contributed by atoms with van der Waals surface area (Å²) in [5.74, 6) is -0.781. The van der Waals surface area contributed by atoms with Crippen LogP contribution in [0.5, 0.6) is 0 Å². The third kappa shape index (κ3) is 2.25. The lowest BCUT2D eigenvalue weighted by molar-refractivity contribution is -0.138. The standard InChI is InChI=1S/C9H14N2O3/c1-6(2)7(5-8(12)13)11-4-3-10-9(11)14/h3-4,6-7H,5H2,1-2H3,(H,10,14)(H,12,13). The number of carboxylic acids is 1. The first-order chi connectivity index (χ1) is 6.52. The van der Waals surface area contributed by atoms with Crippen LogP contribution >= 0.6 is 0 Å². The van der Waals surface area contributed by atoms with E-state index in [2.05, 4.69) is 4.98 Å². The van der Waals surface area contributed by atoms with Gasteiger partial charge in [0.25, 0.3) is 0 Å². The lowest BCUT2D eigenvalue weighted by Crippen LogP contribution is -2.27. The minimum absolute atomic E-state index is 0.0323. The molecule has 0 bridgehead atoms. The molecule has 0 amide bonds. The van der Waals surface area contributed by atoms with Gasteiger partial charge in [0.1, 0.15) is 0 Å². The highest BCUT2D eigenvalue weighted by atomic mass is 16.4. The van der Waals surface area contributed by atoms with E-state index in [1.54, 1.807) is 6.20 Å². The molecule has 0 saturated carbocycles. The fraction of sp³-hybridized carbons (Fsp3) is 0.556. The summed E-state index contributed by atoms with van der Waals surface area (Å²) in [6.07, 6.45) is 3.06. The van der Waals surface area contributed by atoms with Crippen molar-refractivity contribution in [2.75, 3.05) is 0 Å². The number of aromatic nitrogens is 2. The van der Waals surface area contributed by atoms with Gasteiger partial charge in [-0.05, 0) is 5.92 Å². The summed E-state index contributed by atoms with van der Waals surface area (Å²) >= 11 is 0. The fourth-order valence-corrected chi connectivity index (χ4v) is 1.43. The van der Waals surface area contributed by atoms with Gasteiger partial charge in [-0.2, -0.15) is 0 Å². The highest BCUT2D eigenvalue weighted by Crippen LogP contribution is 2.19. The SMILES string of the molecule is CC(C)C(CC(=O)O)n1cc[nH]c1=O. The summed E-state index contributed by atoms with van der Waals surface area (Å²) in [6, 6.07) is -0.286. The van der Waals surface area contributed by atoms with Crippen LogP contribution in [-0.2, 0) is 4.79 Å². The maximum Gasteiger partial charge on any atom is 0.325 e. The first kappa shape index (κ1) is 10.6. The highest BCUT2D eigenvalue weighted by Gasteiger charge is 2.19. The van der Waals surface area contributed by atoms with E-state index in [4.69, 9.17) is 5.11 Å². The summed E-state index contributed by atoms with van der Waals surface area (Å²) in [6.45, 7) is 3.79. The molecule has 0 aliphatic rings. The van der Waals surface area contributed by atoms with Crippen molar-refractivity contribution in [2.45, 2.75) is 26.3 Å². The van der Waals surface area contributed by atoms with Crippen LogP contribution < -0.4 is 5.69 Å². The van der Waals surface area contributed by atoms with E-state index in [0.717, 1.165) is 0 Å². The summed E-state index contributed by atoms with van der Waals surface area (Å²) < 4.78 is 1.43. The van der Waals surface area contributed by atoms with E-state index < -0.39 is 5.97 Å². The Balaban J connectivity index is 2.94. The van der Waals surface area contributed by atoms with Gasteiger partial charge in [-0.3, -0.25) is 9.36 Å². The number of nitrogens with one attached hydrogen (secondary N) is 1. The minimum Gasteiger partial charge on any atom is -0.481 e. The molecule has 0 aliphatic carbocycles. The molecule has 0 radical (unpaired) electrons. The lowest BCUT2D eigenvalue weighted by atomic mass is 10.0. The predicted molar refractivity (Wildman–Crippen MR) is 51.2 cm³/mol. The van der Waals surface area contributed by atoms with Gasteiger partial charge in [0.05, 0.1) is 12.5 Å². The monoisotopic (exact) mass is 198 g/mol. The van der Waals surface area contributed by atoms with Crippen molar-refractivity contribution in [3.63, 3.8) is 0 Å². The van der Waals surface area contributed by atoms with Crippen LogP contribution in [0.1, 0.15) is 26.3 Å². The molecule has 0 fully saturated rings. The van der Waals surface area contributed by atoms with E-state index in [-0.39, 0.29) is 24.1 Å². The van der Waals surface area contributed by atoms with Crippen LogP contribution in [0.4, 0.5) is 0 Å². The predicted octanol–water partition coefficient (Wildman–Crippen LogP) is 0.848. The quantitative estimate of drug-likeness (QED) is 0.753. The maximum absolute atomic E-state index is 11.3. The number of hydrogen-bond donors (Lipinski definition) is 2. The van der Waals surface area contributed by atoms with E-state index in [1.807, 2.05) is 13.8 Å². The number of aromatic amines is 1. The second-order valence-corrected chi connectivity index (χ2v) is 3.58. The van der Waals surface area contributed by atoms with E-state index >= 15 is 0 Å². The molecule has 1 atom stereocenters. The number of nitrogens with zero attached hydrogens (tertiary/aromatic N) is 1. The summed E-state index contributed by atoms with van der Waals surface area (Å²) in [4.78, 5) is 24.3. The largest absolute Gasteiger partial charge is 0.481 e. The zero-order valence-corrected chi connectivity index (χ0v) is 8.23. The maximum atomic E-state index is 11.3. The number of carbonyl (C=O) groups is 1. The van der Waals surface area contributed by atoms with Crippen molar-refractivity contribution in [3.05, 3.63) is 22.9 Å². The molecular weight excluding hydrogens is 184 g/mol. The molecule has 1 aromatic heterocycles. The number of imidazole rings is 1. The van der Waals surface area contributed by atoms with Gasteiger partial charge in [-0.25, -0.2) is 4.79 Å². The van der Waals surface area contributed by atoms with Crippen molar-refractivity contribution >= 4 is 5.97 Å². The molecule has 1 heterocycles. The van der Waals surface area contributed by atoms with Crippen molar-refractivity contribution in [2.24, 2.45) is 5.92 Å². The first-order valence-electron chi connectivity index (χ1n) is 4.49. The third-order valence-electron chi connectivity index (χ3n) is 2.19. The van der Waals surface area contributed by atoms with Gasteiger partial charge in [0.2, 0.25) is 0 Å². The number of rotatable bonds is 4. The van der Waals surface area contributed by atoms with Crippen LogP contribution in [0.15, 0.2) is 17.2 Å². The van der Waals surface area contributed by atoms with Crippen LogP contribution in [-0.4, -0.2) is 20.6 Å². The summed E-state index contributed by atoms with van der Waals surface area (Å²) in [5, 5.41) is 8.70. The Kier molecular flexibility index (Phi) is 3.11. The molecule has 1 unspecified atom stereocenters. The molecule has 0 saturated heterocycles. The van der Waals surface area contributed by atoms with Crippen molar-refractivity contribution in [1.82, 2.24) is 9.55 Å². The van der Waals surface area contributed by atoms with Crippen LogP contribution in [0, 0.1) is 5.92 Å². The van der Waals surface area contributed by atoms with Crippen molar-refractivity contribution < 1.29 is 9.90 Å². The molecule has 1 rings (SSSR count). The molecule has 14 heavy (non-hydrogen) atoms. The molecule has 5 nitrogen and oxygen atoms in total. The Morgan fingerprint density at radius 2 is 2.29 bits per heavy atom. The van der Waals surface area contributed by atoms with Gasteiger partial charge in [0, 0.05) is 12.4 Å². The van der Waals surface area contributed by atoms with Gasteiger partial charge >= 0.3 is 11.7 Å². The number of H-pyrrole nitrogens is 1. The number of aliphatic carboxylic acids is 1. The van der Waals surface area contributed by atoms with Crippen LogP contribution in [0.25, 0.3) is 0 Å². The normalized spacial score (nSPS) is 13.1. The Morgan fingerprint density at radius 3 is 2.64 bits per heavy atom. The van der Waals surface area contributed by atoms with Gasteiger partial charge in [-0.1, -0.05) is 13.8 Å². The molecule has 1 aromatic rings. The Bertz CT molecular complexity index is 364. The van der Waals surface area contributed by atoms with Gasteiger partial charge in [-0.15, -0.1) is 0 Å². The zero-order valence-electron chi connectivity index (χ0n) is 8.23. The van der Waals surface area contributed by atoms with Gasteiger partial charge < -0.3 is 10.1 Å². The lowest BCUT2D eigenvalue weighted by Gasteiger charge is -2.19. The molecule has 78 valence electrons. The zero-order chi connectivity index (χ0) is 10.7. The highest BCUT2D eigenvalue weighted by molar-refractivity contribution is 5.67. The number of hydrogen-bond acceptors (Lipinski definition) is 2. The van der Waals surface area contributed by atoms with Gasteiger partial charge in [0.15, 0.2) is 0 Å². The average Bonchev–Trinajstić information content (AvgIpc) is 2.46. The second kappa shape index (κ2) is 4.13. The Hall–Kier alpha value is -1.52.